The number of ether oxygens (including phenoxy) is 2. The third kappa shape index (κ3) is 4.42. The molecule has 0 spiro atoms. The van der Waals surface area contributed by atoms with E-state index < -0.39 is 5.63 Å². The molecule has 2 fully saturated rings. The minimum Gasteiger partial charge on any atom is -0.496 e. The molecule has 7 nitrogen and oxygen atoms in total. The van der Waals surface area contributed by atoms with Crippen LogP contribution in [-0.4, -0.2) is 50.7 Å². The number of amides is 1. The van der Waals surface area contributed by atoms with Crippen molar-refractivity contribution in [1.29, 1.82) is 0 Å². The zero-order valence-corrected chi connectivity index (χ0v) is 18.7. The Kier molecular flexibility index (Phi) is 6.51. The van der Waals surface area contributed by atoms with E-state index >= 15 is 0 Å². The summed E-state index contributed by atoms with van der Waals surface area (Å²) in [5, 5.41) is 3.78. The zero-order valence-electron chi connectivity index (χ0n) is 18.7. The summed E-state index contributed by atoms with van der Waals surface area (Å²) in [4.78, 5) is 28.0. The van der Waals surface area contributed by atoms with Gasteiger partial charge in [-0.25, -0.2) is 4.79 Å². The third-order valence-electron chi connectivity index (χ3n) is 6.90. The fourth-order valence-electron chi connectivity index (χ4n) is 5.25. The molecule has 1 aromatic carbocycles. The van der Waals surface area contributed by atoms with E-state index in [1.807, 2.05) is 6.92 Å². The topological polar surface area (TPSA) is 81.0 Å². The first-order valence-electron chi connectivity index (χ1n) is 11.2. The molecule has 2 aromatic rings. The van der Waals surface area contributed by atoms with Crippen molar-refractivity contribution in [2.24, 2.45) is 5.92 Å². The van der Waals surface area contributed by atoms with Crippen molar-refractivity contribution in [2.75, 3.05) is 33.9 Å². The van der Waals surface area contributed by atoms with Gasteiger partial charge in [0.25, 0.3) is 0 Å². The van der Waals surface area contributed by atoms with E-state index in [4.69, 9.17) is 13.9 Å². The first-order valence-corrected chi connectivity index (χ1v) is 11.2. The smallest absolute Gasteiger partial charge is 0.340 e. The van der Waals surface area contributed by atoms with E-state index in [1.54, 1.807) is 26.4 Å². The van der Waals surface area contributed by atoms with Gasteiger partial charge in [-0.15, -0.1) is 0 Å². The normalized spacial score (nSPS) is 21.5. The second kappa shape index (κ2) is 9.30. The molecule has 31 heavy (non-hydrogen) atoms. The summed E-state index contributed by atoms with van der Waals surface area (Å²) in [6, 6.07) is 3.99. The molecule has 2 atom stereocenters. The lowest BCUT2D eigenvalue weighted by Gasteiger charge is -2.44. The molecule has 4 rings (SSSR count). The van der Waals surface area contributed by atoms with Crippen LogP contribution in [0, 0.1) is 12.8 Å². The maximum absolute atomic E-state index is 12.8. The first-order chi connectivity index (χ1) is 15.0. The van der Waals surface area contributed by atoms with Gasteiger partial charge in [0, 0.05) is 24.7 Å². The molecule has 0 saturated carbocycles. The molecule has 0 radical (unpaired) electrons. The predicted octanol–water partition coefficient (Wildman–Crippen LogP) is 3.04. The second-order valence-corrected chi connectivity index (χ2v) is 8.68. The lowest BCUT2D eigenvalue weighted by molar-refractivity contribution is -0.120. The van der Waals surface area contributed by atoms with Crippen LogP contribution in [0.15, 0.2) is 21.3 Å². The standard InChI is InChI=1S/C24H32N2O5/c1-15-18(24(28)31-21-12-17(29-2)11-20(30-3)23(15)21)13-22(27)25-14-16-7-6-10-26-9-5-4-8-19(16)26/h11-12,16,19H,4-10,13-14H2,1-3H3,(H,25,27)/t16-,19-/m0/s1. The number of hydrogen-bond donors (Lipinski definition) is 1. The third-order valence-corrected chi connectivity index (χ3v) is 6.90. The average Bonchev–Trinajstić information content (AvgIpc) is 2.79. The van der Waals surface area contributed by atoms with Crippen LogP contribution in [-0.2, 0) is 11.2 Å². The molecule has 2 saturated heterocycles. The van der Waals surface area contributed by atoms with E-state index in [-0.39, 0.29) is 12.3 Å². The van der Waals surface area contributed by atoms with Gasteiger partial charge in [-0.1, -0.05) is 6.42 Å². The van der Waals surface area contributed by atoms with E-state index in [9.17, 15) is 9.59 Å². The van der Waals surface area contributed by atoms with E-state index in [2.05, 4.69) is 10.2 Å². The summed E-state index contributed by atoms with van der Waals surface area (Å²) in [5.74, 6) is 1.44. The van der Waals surface area contributed by atoms with Gasteiger partial charge < -0.3 is 24.1 Å². The van der Waals surface area contributed by atoms with Gasteiger partial charge in [0.1, 0.15) is 17.1 Å². The maximum atomic E-state index is 12.8. The monoisotopic (exact) mass is 428 g/mol. The highest BCUT2D eigenvalue weighted by molar-refractivity contribution is 5.90. The van der Waals surface area contributed by atoms with Crippen molar-refractivity contribution >= 4 is 16.9 Å². The Labute approximate surface area is 182 Å². The molecule has 2 aliphatic heterocycles. The van der Waals surface area contributed by atoms with Crippen LogP contribution in [0.3, 0.4) is 0 Å². The van der Waals surface area contributed by atoms with Crippen LogP contribution in [0.2, 0.25) is 0 Å². The number of rotatable bonds is 6. The molecule has 1 aromatic heterocycles. The van der Waals surface area contributed by atoms with Gasteiger partial charge in [-0.2, -0.15) is 0 Å². The minimum atomic E-state index is -0.494. The van der Waals surface area contributed by atoms with Crippen molar-refractivity contribution < 1.29 is 18.7 Å². The second-order valence-electron chi connectivity index (χ2n) is 8.68. The van der Waals surface area contributed by atoms with Crippen molar-refractivity contribution in [3.8, 4) is 11.5 Å². The van der Waals surface area contributed by atoms with Gasteiger partial charge in [0.05, 0.1) is 31.6 Å². The summed E-state index contributed by atoms with van der Waals surface area (Å²) in [6.07, 6.45) is 6.11. The highest BCUT2D eigenvalue weighted by Crippen LogP contribution is 2.34. The molecule has 168 valence electrons. The van der Waals surface area contributed by atoms with E-state index in [0.717, 1.165) is 6.42 Å². The summed E-state index contributed by atoms with van der Waals surface area (Å²) < 4.78 is 16.3. The molecule has 0 bridgehead atoms. The predicted molar refractivity (Wildman–Crippen MR) is 119 cm³/mol. The number of nitrogens with one attached hydrogen (secondary N) is 1. The number of methoxy groups -OCH3 is 2. The number of hydrogen-bond acceptors (Lipinski definition) is 6. The molecule has 3 heterocycles. The Morgan fingerprint density at radius 2 is 1.97 bits per heavy atom. The maximum Gasteiger partial charge on any atom is 0.340 e. The molecule has 0 aliphatic carbocycles. The fraction of sp³-hybridized carbons (Fsp3) is 0.583. The van der Waals surface area contributed by atoms with Gasteiger partial charge in [-0.3, -0.25) is 4.79 Å². The van der Waals surface area contributed by atoms with Gasteiger partial charge in [-0.05, 0) is 57.2 Å². The molecule has 1 amide bonds. The van der Waals surface area contributed by atoms with Gasteiger partial charge in [0.2, 0.25) is 5.91 Å². The van der Waals surface area contributed by atoms with Crippen LogP contribution < -0.4 is 20.4 Å². The Bertz CT molecular complexity index is 1010. The quantitative estimate of drug-likeness (QED) is 0.713. The van der Waals surface area contributed by atoms with Crippen LogP contribution in [0.25, 0.3) is 11.0 Å². The summed E-state index contributed by atoms with van der Waals surface area (Å²) in [7, 11) is 3.10. The first kappa shape index (κ1) is 21.7. The van der Waals surface area contributed by atoms with Gasteiger partial charge >= 0.3 is 5.63 Å². The number of carbonyl (C=O) groups is 1. The number of benzene rings is 1. The minimum absolute atomic E-state index is 0.000388. The lowest BCUT2D eigenvalue weighted by Crippen LogP contribution is -2.51. The lowest BCUT2D eigenvalue weighted by atomic mass is 9.83. The molecule has 7 heteroatoms. The number of piperidine rings is 2. The molecule has 2 aliphatic rings. The number of aryl methyl sites for hydroxylation is 1. The summed E-state index contributed by atoms with van der Waals surface area (Å²) in [6.45, 7) is 4.86. The number of fused-ring (bicyclic) bond motifs is 2. The molecule has 1 N–H and O–H groups in total. The van der Waals surface area contributed by atoms with Gasteiger partial charge in [0.15, 0.2) is 0 Å². The average molecular weight is 429 g/mol. The Morgan fingerprint density at radius 1 is 1.16 bits per heavy atom. The van der Waals surface area contributed by atoms with Crippen LogP contribution >= 0.6 is 0 Å². The van der Waals surface area contributed by atoms with E-state index in [1.165, 1.54) is 38.8 Å². The number of carbonyl (C=O) groups excluding carboxylic acids is 1. The SMILES string of the molecule is COc1cc(OC)c2c(C)c(CC(=O)NC[C@@H]3CCCN4CCCC[C@@H]34)c(=O)oc2c1. The van der Waals surface area contributed by atoms with Crippen LogP contribution in [0.1, 0.15) is 43.2 Å². The highest BCUT2D eigenvalue weighted by atomic mass is 16.5. The Balaban J connectivity index is 1.50. The van der Waals surface area contributed by atoms with Crippen LogP contribution in [0.5, 0.6) is 11.5 Å². The number of nitrogens with zero attached hydrogens (tertiary/aromatic N) is 1. The van der Waals surface area contributed by atoms with Crippen molar-refractivity contribution in [3.63, 3.8) is 0 Å². The van der Waals surface area contributed by atoms with Crippen molar-refractivity contribution in [1.82, 2.24) is 10.2 Å². The highest BCUT2D eigenvalue weighted by Gasteiger charge is 2.33. The van der Waals surface area contributed by atoms with Crippen molar-refractivity contribution in [3.05, 3.63) is 33.7 Å². The van der Waals surface area contributed by atoms with E-state index in [0.29, 0.717) is 52.1 Å². The fourth-order valence-corrected chi connectivity index (χ4v) is 5.25. The summed E-state index contributed by atoms with van der Waals surface area (Å²) >= 11 is 0. The zero-order chi connectivity index (χ0) is 22.0. The molecular formula is C24H32N2O5. The summed E-state index contributed by atoms with van der Waals surface area (Å²) in [5.41, 5.74) is 0.975. The van der Waals surface area contributed by atoms with Crippen LogP contribution in [0.4, 0.5) is 0 Å². The Morgan fingerprint density at radius 3 is 2.74 bits per heavy atom. The molecular weight excluding hydrogens is 396 g/mol. The largest absolute Gasteiger partial charge is 0.496 e. The Hall–Kier alpha value is -2.54. The molecule has 0 unspecified atom stereocenters. The van der Waals surface area contributed by atoms with Crippen molar-refractivity contribution in [2.45, 2.75) is 51.5 Å².